The molecule has 3 unspecified atom stereocenters. The van der Waals surface area contributed by atoms with Gasteiger partial charge in [-0.2, -0.15) is 10.1 Å². The molecule has 63 heavy (non-hydrogen) atoms. The maximum absolute atomic E-state index is 15.2. The van der Waals surface area contributed by atoms with Crippen LogP contribution in [-0.2, 0) is 23.7 Å². The van der Waals surface area contributed by atoms with Gasteiger partial charge in [-0.25, -0.2) is 13.8 Å². The molecule has 0 spiro atoms. The number of piperazine rings is 1. The van der Waals surface area contributed by atoms with Crippen LogP contribution in [0.3, 0.4) is 0 Å². The Morgan fingerprint density at radius 2 is 1.76 bits per heavy atom. The molecule has 3 N–H and O–H groups in total. The number of carbonyl (C=O) groups is 2. The van der Waals surface area contributed by atoms with E-state index in [0.717, 1.165) is 74.5 Å². The van der Waals surface area contributed by atoms with Crippen molar-refractivity contribution >= 4 is 74.0 Å². The molecular weight excluding hydrogens is 832 g/mol. The largest absolute Gasteiger partial charge is 0.480 e. The lowest BCUT2D eigenvalue weighted by Gasteiger charge is -2.47. The van der Waals surface area contributed by atoms with Crippen LogP contribution in [0.25, 0.3) is 21.8 Å². The summed E-state index contributed by atoms with van der Waals surface area (Å²) in [5.74, 6) is -2.96. The molecule has 5 aromatic rings. The fourth-order valence-corrected chi connectivity index (χ4v) is 10.4. The number of ether oxygens (including phenoxy) is 1. The molecule has 2 amide bonds. The second kappa shape index (κ2) is 15.6. The lowest BCUT2D eigenvalue weighted by Crippen LogP contribution is -2.53. The van der Waals surface area contributed by atoms with E-state index in [1.807, 2.05) is 36.0 Å². The Kier molecular flexibility index (Phi) is 10.3. The molecule has 18 heteroatoms. The molecule has 3 aromatic heterocycles. The Morgan fingerprint density at radius 3 is 2.51 bits per heavy atom. The fourth-order valence-electron chi connectivity index (χ4n) is 10.2. The van der Waals surface area contributed by atoms with Crippen molar-refractivity contribution in [3.63, 3.8) is 0 Å². The number of rotatable bonds is 8. The van der Waals surface area contributed by atoms with Crippen LogP contribution in [0.4, 0.5) is 37.6 Å². The second-order valence-corrected chi connectivity index (χ2v) is 19.1. The number of piperidine rings is 2. The van der Waals surface area contributed by atoms with Crippen molar-refractivity contribution in [2.24, 2.45) is 31.3 Å². The van der Waals surface area contributed by atoms with Crippen molar-refractivity contribution < 1.29 is 23.1 Å². The summed E-state index contributed by atoms with van der Waals surface area (Å²) in [4.78, 5) is 54.6. The third kappa shape index (κ3) is 7.59. The molecule has 0 bridgehead atoms. The standard InChI is InChI=1S/C45H52ClF2N11O4/c1-44(2)23-59(15-14-26(44)22-57-16-18-58(19-17-57)33-7-5-6-28-35(54-56(4)37(28)33)29-11-13-34(60)51-41(29)61)43-49-21-31(46)40(53-43)50-27-10-12-32-30(20-27)36-38(42(62)55(32)3)63-24-45(47,48)39(52-36)25-8-9-25/h5-7,10,12,20-21,25-26,29,39,52H,8-9,11,13-19,22-24H2,1-4H3,(H,49,50,53)(H,51,60,61). The Bertz CT molecular complexity index is 2710. The summed E-state index contributed by atoms with van der Waals surface area (Å²) in [5, 5.41) is 15.5. The maximum atomic E-state index is 15.2. The van der Waals surface area contributed by atoms with Gasteiger partial charge in [0.1, 0.15) is 5.02 Å². The van der Waals surface area contributed by atoms with Crippen molar-refractivity contribution in [2.75, 3.05) is 72.9 Å². The van der Waals surface area contributed by atoms with E-state index in [9.17, 15) is 14.4 Å². The average Bonchev–Trinajstić information content (AvgIpc) is 4.06. The van der Waals surface area contributed by atoms with Crippen molar-refractivity contribution in [1.29, 1.82) is 0 Å². The molecule has 10 rings (SSSR count). The van der Waals surface area contributed by atoms with Crippen LogP contribution in [0, 0.1) is 17.3 Å². The summed E-state index contributed by atoms with van der Waals surface area (Å²) in [5.41, 5.74) is 3.78. The van der Waals surface area contributed by atoms with E-state index in [-0.39, 0.29) is 34.6 Å². The van der Waals surface area contributed by atoms with Crippen LogP contribution in [0.2, 0.25) is 5.02 Å². The van der Waals surface area contributed by atoms with Crippen molar-refractivity contribution in [3.8, 4) is 5.75 Å². The molecule has 4 aliphatic heterocycles. The summed E-state index contributed by atoms with van der Waals surface area (Å²) in [6.07, 6.45) is 4.73. The van der Waals surface area contributed by atoms with Gasteiger partial charge in [-0.3, -0.25) is 29.3 Å². The molecule has 3 saturated heterocycles. The topological polar surface area (TPSA) is 155 Å². The Labute approximate surface area is 368 Å². The first-order chi connectivity index (χ1) is 30.1. The molecule has 1 saturated carbocycles. The number of aromatic nitrogens is 5. The first-order valence-electron chi connectivity index (χ1n) is 21.9. The van der Waals surface area contributed by atoms with Gasteiger partial charge in [-0.05, 0) is 67.2 Å². The highest BCUT2D eigenvalue weighted by Crippen LogP contribution is 2.46. The SMILES string of the molecule is Cn1nc(C2CCC(=O)NC2=O)c2cccc(N3CCN(CC4CCN(c5ncc(Cl)c(Nc6ccc7c(c6)c6c(c(=O)n7C)OCC(F)(F)C(C7CC7)N6)n5)CC4(C)C)CC3)c21. The number of nitrogens with zero attached hydrogens (tertiary/aromatic N) is 8. The van der Waals surface area contributed by atoms with E-state index in [1.54, 1.807) is 19.3 Å². The Morgan fingerprint density at radius 1 is 0.968 bits per heavy atom. The highest BCUT2D eigenvalue weighted by Gasteiger charge is 2.51. The van der Waals surface area contributed by atoms with E-state index in [0.29, 0.717) is 65.0 Å². The summed E-state index contributed by atoms with van der Waals surface area (Å²) in [7, 11) is 3.53. The number of nitrogens with one attached hydrogen (secondary N) is 3. The predicted molar refractivity (Wildman–Crippen MR) is 239 cm³/mol. The zero-order chi connectivity index (χ0) is 43.9. The van der Waals surface area contributed by atoms with Crippen LogP contribution in [0.15, 0.2) is 47.4 Å². The van der Waals surface area contributed by atoms with Crippen LogP contribution in [0.1, 0.15) is 57.6 Å². The number of alkyl halides is 2. The minimum absolute atomic E-state index is 0.0466. The van der Waals surface area contributed by atoms with Crippen LogP contribution in [0.5, 0.6) is 5.75 Å². The number of aryl methyl sites for hydroxylation is 2. The molecule has 3 atom stereocenters. The van der Waals surface area contributed by atoms with Crippen LogP contribution in [-0.4, -0.2) is 105 Å². The van der Waals surface area contributed by atoms with Gasteiger partial charge in [0.05, 0.1) is 46.3 Å². The summed E-state index contributed by atoms with van der Waals surface area (Å²) < 4.78 is 39.3. The first kappa shape index (κ1) is 41.5. The molecule has 1 aliphatic carbocycles. The van der Waals surface area contributed by atoms with Crippen LogP contribution >= 0.6 is 11.6 Å². The molecule has 332 valence electrons. The number of carbonyl (C=O) groups excluding carboxylic acids is 2. The maximum Gasteiger partial charge on any atom is 0.301 e. The fraction of sp³-hybridized carbons (Fsp3) is 0.511. The zero-order valence-corrected chi connectivity index (χ0v) is 36.6. The van der Waals surface area contributed by atoms with Crippen molar-refractivity contribution in [2.45, 2.75) is 63.8 Å². The number of imide groups is 1. The zero-order valence-electron chi connectivity index (χ0n) is 35.9. The highest BCUT2D eigenvalue weighted by atomic mass is 35.5. The normalized spacial score (nSPS) is 23.8. The number of para-hydroxylation sites is 1. The van der Waals surface area contributed by atoms with Gasteiger partial charge < -0.3 is 29.7 Å². The number of hydrogen-bond donors (Lipinski definition) is 3. The van der Waals surface area contributed by atoms with E-state index >= 15 is 8.78 Å². The predicted octanol–water partition coefficient (Wildman–Crippen LogP) is 6.03. The highest BCUT2D eigenvalue weighted by molar-refractivity contribution is 6.33. The third-order valence-corrected chi connectivity index (χ3v) is 14.2. The third-order valence-electron chi connectivity index (χ3n) is 14.0. The number of pyridine rings is 1. The summed E-state index contributed by atoms with van der Waals surface area (Å²) in [6, 6.07) is 10.5. The average molecular weight is 884 g/mol. The monoisotopic (exact) mass is 883 g/mol. The molecule has 15 nitrogen and oxygen atoms in total. The minimum Gasteiger partial charge on any atom is -0.480 e. The number of amides is 2. The molecule has 4 fully saturated rings. The molecule has 7 heterocycles. The van der Waals surface area contributed by atoms with Gasteiger partial charge in [0.2, 0.25) is 23.5 Å². The second-order valence-electron chi connectivity index (χ2n) is 18.7. The van der Waals surface area contributed by atoms with Gasteiger partial charge in [0, 0.05) is 82.8 Å². The summed E-state index contributed by atoms with van der Waals surface area (Å²) >= 11 is 6.69. The molecular formula is C45H52ClF2N11O4. The quantitative estimate of drug-likeness (QED) is 0.156. The van der Waals surface area contributed by atoms with Gasteiger partial charge in [0.15, 0.2) is 12.4 Å². The van der Waals surface area contributed by atoms with Gasteiger partial charge in [-0.15, -0.1) is 0 Å². The van der Waals surface area contributed by atoms with Gasteiger partial charge in [0.25, 0.3) is 5.56 Å². The van der Waals surface area contributed by atoms with E-state index in [4.69, 9.17) is 26.4 Å². The number of benzene rings is 2. The summed E-state index contributed by atoms with van der Waals surface area (Å²) in [6.45, 7) is 9.85. The van der Waals surface area contributed by atoms with Gasteiger partial charge >= 0.3 is 5.92 Å². The number of anilines is 5. The molecule has 0 radical (unpaired) electrons. The van der Waals surface area contributed by atoms with E-state index < -0.39 is 30.0 Å². The smallest absolute Gasteiger partial charge is 0.301 e. The van der Waals surface area contributed by atoms with Crippen molar-refractivity contribution in [1.82, 2.24) is 34.5 Å². The van der Waals surface area contributed by atoms with Gasteiger partial charge in [-0.1, -0.05) is 37.6 Å². The van der Waals surface area contributed by atoms with E-state index in [1.165, 1.54) is 4.57 Å². The number of halogens is 3. The lowest BCUT2D eigenvalue weighted by molar-refractivity contribution is -0.134. The molecule has 5 aliphatic rings. The molecule has 2 aromatic carbocycles. The number of hydrogen-bond acceptors (Lipinski definition) is 12. The van der Waals surface area contributed by atoms with Crippen LogP contribution < -0.4 is 36.0 Å². The lowest BCUT2D eigenvalue weighted by atomic mass is 9.73. The Hall–Kier alpha value is -5.55. The van der Waals surface area contributed by atoms with E-state index in [2.05, 4.69) is 55.5 Å². The number of fused-ring (bicyclic) bond motifs is 4. The van der Waals surface area contributed by atoms with Crippen molar-refractivity contribution in [3.05, 3.63) is 63.7 Å². The first-order valence-corrected chi connectivity index (χ1v) is 22.3. The minimum atomic E-state index is -3.14. The Balaban J connectivity index is 0.805.